The molecule has 0 aromatic heterocycles. The summed E-state index contributed by atoms with van der Waals surface area (Å²) < 4.78 is 6.20. The number of hydrogen-bond acceptors (Lipinski definition) is 2. The van der Waals surface area contributed by atoms with Gasteiger partial charge in [0.15, 0.2) is 0 Å². The number of nitrogens with one attached hydrogen (secondary N) is 1. The lowest BCUT2D eigenvalue weighted by Gasteiger charge is -2.29. The molecule has 0 aliphatic carbocycles. The summed E-state index contributed by atoms with van der Waals surface area (Å²) in [5.74, 6) is 0. The molecule has 0 bridgehead atoms. The largest absolute Gasteiger partial charge is 0.373 e. The van der Waals surface area contributed by atoms with Gasteiger partial charge in [-0.2, -0.15) is 0 Å². The highest BCUT2D eigenvalue weighted by Crippen LogP contribution is 2.35. The zero-order valence-electron chi connectivity index (χ0n) is 14.5. The molecule has 2 nitrogen and oxygen atoms in total. The lowest BCUT2D eigenvalue weighted by molar-refractivity contribution is 0.0313. The van der Waals surface area contributed by atoms with Gasteiger partial charge in [-0.15, -0.1) is 0 Å². The van der Waals surface area contributed by atoms with Crippen molar-refractivity contribution in [2.24, 2.45) is 0 Å². The molecule has 1 aliphatic rings. The third kappa shape index (κ3) is 3.49. The maximum absolute atomic E-state index is 6.20. The van der Waals surface area contributed by atoms with E-state index in [4.69, 9.17) is 4.74 Å². The fourth-order valence-corrected chi connectivity index (χ4v) is 3.51. The molecule has 1 N–H and O–H groups in total. The summed E-state index contributed by atoms with van der Waals surface area (Å²) in [5.41, 5.74) is 7.11. The molecular weight excluding hydrogens is 258 g/mol. The minimum absolute atomic E-state index is 0.310. The van der Waals surface area contributed by atoms with Gasteiger partial charge in [0, 0.05) is 0 Å². The fourth-order valence-electron chi connectivity index (χ4n) is 3.51. The molecule has 3 atom stereocenters. The summed E-state index contributed by atoms with van der Waals surface area (Å²) in [6.45, 7) is 14.4. The minimum Gasteiger partial charge on any atom is -0.373 e. The quantitative estimate of drug-likeness (QED) is 0.860. The Hall–Kier alpha value is -0.860. The van der Waals surface area contributed by atoms with Crippen LogP contribution in [-0.2, 0) is 4.74 Å². The Morgan fingerprint density at radius 3 is 2.24 bits per heavy atom. The Bertz CT molecular complexity index is 469. The van der Waals surface area contributed by atoms with E-state index in [1.807, 2.05) is 0 Å². The van der Waals surface area contributed by atoms with Crippen LogP contribution in [0, 0.1) is 27.7 Å². The van der Waals surface area contributed by atoms with Crippen LogP contribution in [0.4, 0.5) is 0 Å². The van der Waals surface area contributed by atoms with Crippen LogP contribution in [-0.4, -0.2) is 18.8 Å². The molecule has 0 saturated carbocycles. The first-order valence-corrected chi connectivity index (χ1v) is 8.41. The first-order valence-electron chi connectivity index (χ1n) is 8.41. The molecule has 2 heteroatoms. The van der Waals surface area contributed by atoms with E-state index in [0.717, 1.165) is 19.4 Å². The number of ether oxygens (including phenoxy) is 1. The fraction of sp³-hybridized carbons (Fsp3) is 0.684. The van der Waals surface area contributed by atoms with Gasteiger partial charge < -0.3 is 10.1 Å². The Morgan fingerprint density at radius 1 is 1.14 bits per heavy atom. The molecule has 0 spiro atoms. The van der Waals surface area contributed by atoms with Crippen molar-refractivity contribution >= 4 is 0 Å². The van der Waals surface area contributed by atoms with Crippen molar-refractivity contribution in [3.63, 3.8) is 0 Å². The van der Waals surface area contributed by atoms with E-state index < -0.39 is 0 Å². The molecule has 2 rings (SSSR count). The Kier molecular flexibility index (Phi) is 5.45. The zero-order chi connectivity index (χ0) is 15.6. The standard InChI is InChI=1S/C19H31NO/c1-7-10-20-19(17-9-8-14(4)21-17)18-15(5)12(2)11-13(3)16(18)6/h11,14,17,19-20H,7-10H2,1-6H3. The van der Waals surface area contributed by atoms with Crippen LogP contribution in [0.2, 0.25) is 0 Å². The average molecular weight is 289 g/mol. The van der Waals surface area contributed by atoms with Gasteiger partial charge in [-0.1, -0.05) is 13.0 Å². The van der Waals surface area contributed by atoms with E-state index in [-0.39, 0.29) is 0 Å². The van der Waals surface area contributed by atoms with E-state index in [0.29, 0.717) is 18.2 Å². The highest BCUT2D eigenvalue weighted by atomic mass is 16.5. The van der Waals surface area contributed by atoms with Crippen LogP contribution in [0.3, 0.4) is 0 Å². The molecule has 1 fully saturated rings. The molecule has 21 heavy (non-hydrogen) atoms. The van der Waals surface area contributed by atoms with Crippen molar-refractivity contribution in [1.82, 2.24) is 5.32 Å². The van der Waals surface area contributed by atoms with E-state index in [1.54, 1.807) is 0 Å². The summed E-state index contributed by atoms with van der Waals surface area (Å²) in [5, 5.41) is 3.76. The Labute approximate surface area is 130 Å². The van der Waals surface area contributed by atoms with Gasteiger partial charge in [-0.25, -0.2) is 0 Å². The van der Waals surface area contributed by atoms with Crippen LogP contribution < -0.4 is 5.32 Å². The summed E-state index contributed by atoms with van der Waals surface area (Å²) in [6, 6.07) is 2.64. The lowest BCUT2D eigenvalue weighted by atomic mass is 9.87. The molecular formula is C19H31NO. The molecule has 0 radical (unpaired) electrons. The predicted molar refractivity (Wildman–Crippen MR) is 90.0 cm³/mol. The van der Waals surface area contributed by atoms with E-state index in [1.165, 1.54) is 34.2 Å². The van der Waals surface area contributed by atoms with Crippen LogP contribution >= 0.6 is 0 Å². The maximum Gasteiger partial charge on any atom is 0.0774 e. The van der Waals surface area contributed by atoms with Gasteiger partial charge in [0.2, 0.25) is 0 Å². The maximum atomic E-state index is 6.20. The molecule has 1 aromatic rings. The van der Waals surface area contributed by atoms with Gasteiger partial charge in [0.05, 0.1) is 18.2 Å². The monoisotopic (exact) mass is 289 g/mol. The minimum atomic E-state index is 0.310. The average Bonchev–Trinajstić information content (AvgIpc) is 2.86. The number of aryl methyl sites for hydroxylation is 2. The van der Waals surface area contributed by atoms with Crippen LogP contribution in [0.5, 0.6) is 0 Å². The molecule has 1 heterocycles. The highest BCUT2D eigenvalue weighted by molar-refractivity contribution is 5.46. The second-order valence-corrected chi connectivity index (χ2v) is 6.67. The van der Waals surface area contributed by atoms with E-state index in [9.17, 15) is 0 Å². The first-order chi connectivity index (χ1) is 9.95. The number of benzene rings is 1. The summed E-state index contributed by atoms with van der Waals surface area (Å²) in [6.07, 6.45) is 4.20. The van der Waals surface area contributed by atoms with Gasteiger partial charge in [-0.05, 0) is 88.2 Å². The Balaban J connectivity index is 2.41. The summed E-state index contributed by atoms with van der Waals surface area (Å²) in [4.78, 5) is 0. The predicted octanol–water partition coefficient (Wildman–Crippen LogP) is 4.53. The molecule has 1 aliphatic heterocycles. The molecule has 1 saturated heterocycles. The molecule has 3 unspecified atom stereocenters. The second-order valence-electron chi connectivity index (χ2n) is 6.67. The van der Waals surface area contributed by atoms with E-state index in [2.05, 4.69) is 52.9 Å². The Morgan fingerprint density at radius 2 is 1.76 bits per heavy atom. The van der Waals surface area contributed by atoms with E-state index >= 15 is 0 Å². The number of hydrogen-bond donors (Lipinski definition) is 1. The second kappa shape index (κ2) is 6.93. The van der Waals surface area contributed by atoms with Crippen molar-refractivity contribution in [1.29, 1.82) is 0 Å². The summed E-state index contributed by atoms with van der Waals surface area (Å²) in [7, 11) is 0. The van der Waals surface area contributed by atoms with Gasteiger partial charge in [0.25, 0.3) is 0 Å². The molecule has 118 valence electrons. The first kappa shape index (κ1) is 16.5. The van der Waals surface area contributed by atoms with Gasteiger partial charge in [-0.3, -0.25) is 0 Å². The SMILES string of the molecule is CCCNC(c1c(C)c(C)cc(C)c1C)C1CCC(C)O1. The molecule has 0 amide bonds. The lowest BCUT2D eigenvalue weighted by Crippen LogP contribution is -2.34. The smallest absolute Gasteiger partial charge is 0.0774 e. The van der Waals surface area contributed by atoms with Gasteiger partial charge >= 0.3 is 0 Å². The van der Waals surface area contributed by atoms with Crippen molar-refractivity contribution < 1.29 is 4.74 Å². The highest BCUT2D eigenvalue weighted by Gasteiger charge is 2.32. The third-order valence-electron chi connectivity index (χ3n) is 4.99. The summed E-state index contributed by atoms with van der Waals surface area (Å²) >= 11 is 0. The number of rotatable bonds is 5. The van der Waals surface area contributed by atoms with Crippen molar-refractivity contribution in [3.05, 3.63) is 33.9 Å². The zero-order valence-corrected chi connectivity index (χ0v) is 14.5. The van der Waals surface area contributed by atoms with Crippen molar-refractivity contribution in [3.8, 4) is 0 Å². The third-order valence-corrected chi connectivity index (χ3v) is 4.99. The topological polar surface area (TPSA) is 21.3 Å². The van der Waals surface area contributed by atoms with Crippen molar-refractivity contribution in [2.75, 3.05) is 6.54 Å². The van der Waals surface area contributed by atoms with Crippen LogP contribution in [0.25, 0.3) is 0 Å². The van der Waals surface area contributed by atoms with Crippen LogP contribution in [0.15, 0.2) is 6.07 Å². The van der Waals surface area contributed by atoms with Crippen LogP contribution in [0.1, 0.15) is 67.0 Å². The van der Waals surface area contributed by atoms with Crippen molar-refractivity contribution in [2.45, 2.75) is 79.1 Å². The normalized spacial score (nSPS) is 23.5. The molecule has 1 aromatic carbocycles. The van der Waals surface area contributed by atoms with Gasteiger partial charge in [0.1, 0.15) is 0 Å².